The molecule has 2 N–H and O–H groups in total. The second-order valence-corrected chi connectivity index (χ2v) is 7.79. The SMILES string of the molecule is CC1(C)OCC(CN(Cc2ccccc2)Cc2nc3cc[nH]c3c(=O)[nH]2)CO1. The van der Waals surface area contributed by atoms with E-state index in [1.807, 2.05) is 38.1 Å². The van der Waals surface area contributed by atoms with Crippen molar-refractivity contribution < 1.29 is 9.47 Å². The number of aromatic amines is 2. The van der Waals surface area contributed by atoms with Gasteiger partial charge >= 0.3 is 0 Å². The van der Waals surface area contributed by atoms with Crippen molar-refractivity contribution in [3.8, 4) is 0 Å². The third-order valence-electron chi connectivity index (χ3n) is 4.94. The lowest BCUT2D eigenvalue weighted by Gasteiger charge is -2.37. The topological polar surface area (TPSA) is 83.2 Å². The van der Waals surface area contributed by atoms with Crippen LogP contribution in [0.3, 0.4) is 0 Å². The molecule has 0 spiro atoms. The molecule has 7 heteroatoms. The monoisotopic (exact) mass is 382 g/mol. The molecule has 28 heavy (non-hydrogen) atoms. The molecular weight excluding hydrogens is 356 g/mol. The number of nitrogens with one attached hydrogen (secondary N) is 2. The zero-order valence-corrected chi connectivity index (χ0v) is 16.3. The maximum atomic E-state index is 12.3. The molecule has 7 nitrogen and oxygen atoms in total. The van der Waals surface area contributed by atoms with Crippen LogP contribution >= 0.6 is 0 Å². The molecule has 0 saturated carbocycles. The van der Waals surface area contributed by atoms with Crippen molar-refractivity contribution in [2.24, 2.45) is 5.92 Å². The molecule has 0 atom stereocenters. The van der Waals surface area contributed by atoms with Crippen LogP contribution < -0.4 is 5.56 Å². The van der Waals surface area contributed by atoms with E-state index in [1.165, 1.54) is 5.56 Å². The van der Waals surface area contributed by atoms with Crippen LogP contribution in [-0.2, 0) is 22.6 Å². The minimum absolute atomic E-state index is 0.143. The van der Waals surface area contributed by atoms with E-state index in [0.717, 1.165) is 13.1 Å². The number of hydrogen-bond acceptors (Lipinski definition) is 5. The third kappa shape index (κ3) is 4.49. The molecule has 0 bridgehead atoms. The van der Waals surface area contributed by atoms with Gasteiger partial charge in [-0.15, -0.1) is 0 Å². The lowest BCUT2D eigenvalue weighted by Crippen LogP contribution is -2.43. The molecule has 1 saturated heterocycles. The molecule has 1 aliphatic rings. The fourth-order valence-electron chi connectivity index (χ4n) is 3.51. The van der Waals surface area contributed by atoms with Crippen LogP contribution in [-0.4, -0.2) is 45.4 Å². The summed E-state index contributed by atoms with van der Waals surface area (Å²) in [6.07, 6.45) is 1.73. The van der Waals surface area contributed by atoms with E-state index in [1.54, 1.807) is 6.20 Å². The first-order valence-electron chi connectivity index (χ1n) is 9.59. The molecule has 2 aromatic heterocycles. The molecular formula is C21H26N4O3. The van der Waals surface area contributed by atoms with Crippen molar-refractivity contribution >= 4 is 11.0 Å². The van der Waals surface area contributed by atoms with Crippen LogP contribution in [0.5, 0.6) is 0 Å². The van der Waals surface area contributed by atoms with Crippen molar-refractivity contribution in [2.75, 3.05) is 19.8 Å². The van der Waals surface area contributed by atoms with Crippen LogP contribution in [0.25, 0.3) is 11.0 Å². The number of ether oxygens (including phenoxy) is 2. The second kappa shape index (κ2) is 7.87. The number of rotatable bonds is 6. The van der Waals surface area contributed by atoms with Gasteiger partial charge in [0, 0.05) is 25.2 Å². The standard InChI is InChI=1S/C21H26N4O3/c1-21(2)27-13-16(14-28-21)11-25(10-15-6-4-3-5-7-15)12-18-23-17-8-9-22-19(17)20(26)24-18/h3-9,16,22H,10-14H2,1-2H3,(H,23,24,26). The summed E-state index contributed by atoms with van der Waals surface area (Å²) < 4.78 is 11.6. The first kappa shape index (κ1) is 18.9. The van der Waals surface area contributed by atoms with Gasteiger partial charge in [0.2, 0.25) is 0 Å². The molecule has 1 fully saturated rings. The number of nitrogens with zero attached hydrogens (tertiary/aromatic N) is 2. The Balaban J connectivity index is 1.52. The molecule has 0 unspecified atom stereocenters. The molecule has 0 radical (unpaired) electrons. The molecule has 1 aliphatic heterocycles. The Morgan fingerprint density at radius 2 is 1.89 bits per heavy atom. The Kier molecular flexibility index (Phi) is 5.30. The van der Waals surface area contributed by atoms with Crippen molar-refractivity contribution in [3.63, 3.8) is 0 Å². The van der Waals surface area contributed by atoms with Crippen LogP contribution in [0.15, 0.2) is 47.4 Å². The van der Waals surface area contributed by atoms with Crippen LogP contribution in [0.1, 0.15) is 25.2 Å². The lowest BCUT2D eigenvalue weighted by atomic mass is 10.1. The van der Waals surface area contributed by atoms with Gasteiger partial charge in [-0.1, -0.05) is 30.3 Å². The largest absolute Gasteiger partial charge is 0.355 e. The number of H-pyrrole nitrogens is 2. The minimum Gasteiger partial charge on any atom is -0.355 e. The van der Waals surface area contributed by atoms with Gasteiger partial charge in [-0.3, -0.25) is 9.69 Å². The second-order valence-electron chi connectivity index (χ2n) is 7.79. The average molecular weight is 382 g/mol. The summed E-state index contributed by atoms with van der Waals surface area (Å²) >= 11 is 0. The maximum absolute atomic E-state index is 12.3. The van der Waals surface area contributed by atoms with Crippen LogP contribution in [0.4, 0.5) is 0 Å². The molecule has 1 aromatic carbocycles. The number of aromatic nitrogens is 3. The highest BCUT2D eigenvalue weighted by Gasteiger charge is 2.29. The summed E-state index contributed by atoms with van der Waals surface area (Å²) in [7, 11) is 0. The van der Waals surface area contributed by atoms with Crippen LogP contribution in [0, 0.1) is 5.92 Å². The molecule has 0 amide bonds. The highest BCUT2D eigenvalue weighted by Crippen LogP contribution is 2.22. The van der Waals surface area contributed by atoms with E-state index in [4.69, 9.17) is 9.47 Å². The fraction of sp³-hybridized carbons (Fsp3) is 0.429. The van der Waals surface area contributed by atoms with Gasteiger partial charge < -0.3 is 19.4 Å². The Hall–Kier alpha value is -2.48. The summed E-state index contributed by atoms with van der Waals surface area (Å²) in [5.41, 5.74) is 2.26. The summed E-state index contributed by atoms with van der Waals surface area (Å²) in [6.45, 7) is 7.27. The zero-order chi connectivity index (χ0) is 19.6. The van der Waals surface area contributed by atoms with Crippen molar-refractivity contribution in [1.82, 2.24) is 19.9 Å². The fourth-order valence-corrected chi connectivity index (χ4v) is 3.51. The quantitative estimate of drug-likeness (QED) is 0.685. The molecule has 148 valence electrons. The summed E-state index contributed by atoms with van der Waals surface area (Å²) in [5.74, 6) is 0.401. The number of hydrogen-bond donors (Lipinski definition) is 2. The van der Waals surface area contributed by atoms with E-state index < -0.39 is 5.79 Å². The summed E-state index contributed by atoms with van der Waals surface area (Å²) in [6, 6.07) is 12.1. The Labute approximate surface area is 163 Å². The van der Waals surface area contributed by atoms with Gasteiger partial charge in [0.15, 0.2) is 5.79 Å². The minimum atomic E-state index is -0.521. The van der Waals surface area contributed by atoms with Crippen molar-refractivity contribution in [1.29, 1.82) is 0 Å². The van der Waals surface area contributed by atoms with Gasteiger partial charge in [0.1, 0.15) is 11.3 Å². The smallest absolute Gasteiger partial charge is 0.275 e. The number of benzene rings is 1. The predicted octanol–water partition coefficient (Wildman–Crippen LogP) is 2.65. The van der Waals surface area contributed by atoms with E-state index in [2.05, 4.69) is 32.0 Å². The van der Waals surface area contributed by atoms with Crippen molar-refractivity contribution in [2.45, 2.75) is 32.7 Å². The molecule has 3 aromatic rings. The van der Waals surface area contributed by atoms with Gasteiger partial charge in [0.25, 0.3) is 5.56 Å². The van der Waals surface area contributed by atoms with Crippen LogP contribution in [0.2, 0.25) is 0 Å². The van der Waals surface area contributed by atoms with Gasteiger partial charge in [-0.2, -0.15) is 0 Å². The maximum Gasteiger partial charge on any atom is 0.275 e. The normalized spacial score (nSPS) is 17.4. The average Bonchev–Trinajstić information content (AvgIpc) is 3.13. The highest BCUT2D eigenvalue weighted by molar-refractivity contribution is 5.73. The first-order chi connectivity index (χ1) is 13.5. The highest BCUT2D eigenvalue weighted by atomic mass is 16.7. The third-order valence-corrected chi connectivity index (χ3v) is 4.94. The van der Waals surface area contributed by atoms with Crippen molar-refractivity contribution in [3.05, 3.63) is 64.3 Å². The Morgan fingerprint density at radius 3 is 2.64 bits per heavy atom. The Bertz CT molecular complexity index is 970. The molecule has 3 heterocycles. The van der Waals surface area contributed by atoms with E-state index >= 15 is 0 Å². The first-order valence-corrected chi connectivity index (χ1v) is 9.59. The van der Waals surface area contributed by atoms with Gasteiger partial charge in [-0.25, -0.2) is 4.98 Å². The van der Waals surface area contributed by atoms with Gasteiger partial charge in [-0.05, 0) is 25.5 Å². The van der Waals surface area contributed by atoms with E-state index in [9.17, 15) is 4.79 Å². The number of fused-ring (bicyclic) bond motifs is 1. The summed E-state index contributed by atoms with van der Waals surface area (Å²) in [5, 5.41) is 0. The van der Waals surface area contributed by atoms with E-state index in [0.29, 0.717) is 36.6 Å². The zero-order valence-electron chi connectivity index (χ0n) is 16.3. The lowest BCUT2D eigenvalue weighted by molar-refractivity contribution is -0.263. The molecule has 4 rings (SSSR count). The van der Waals surface area contributed by atoms with E-state index in [-0.39, 0.29) is 11.5 Å². The summed E-state index contributed by atoms with van der Waals surface area (Å²) in [4.78, 5) is 25.0. The predicted molar refractivity (Wildman–Crippen MR) is 107 cm³/mol. The van der Waals surface area contributed by atoms with Gasteiger partial charge in [0.05, 0.1) is 25.3 Å². The Morgan fingerprint density at radius 1 is 1.14 bits per heavy atom. The molecule has 0 aliphatic carbocycles.